The largest absolute Gasteiger partial charge is 0.341 e. The Hall–Kier alpha value is -3.60. The summed E-state index contributed by atoms with van der Waals surface area (Å²) in [5, 5.41) is 8.03. The van der Waals surface area contributed by atoms with Gasteiger partial charge in [0.1, 0.15) is 0 Å². The molecule has 29 heavy (non-hydrogen) atoms. The second kappa shape index (κ2) is 7.43. The number of fused-ring (bicyclic) bond motifs is 3. The number of aromatic nitrogens is 1. The summed E-state index contributed by atoms with van der Waals surface area (Å²) in [7, 11) is 0. The molecule has 1 aromatic heterocycles. The number of aryl methyl sites for hydroxylation is 2. The number of carbonyl (C=O) groups excluding carboxylic acids is 2. The van der Waals surface area contributed by atoms with Gasteiger partial charge in [0.05, 0.1) is 0 Å². The summed E-state index contributed by atoms with van der Waals surface area (Å²) in [6, 6.07) is 19.6. The average molecular weight is 385 g/mol. The molecule has 4 rings (SSSR count). The maximum absolute atomic E-state index is 12.8. The topological polar surface area (TPSA) is 63.1 Å². The maximum atomic E-state index is 12.8. The molecule has 0 aliphatic heterocycles. The van der Waals surface area contributed by atoms with E-state index >= 15 is 0 Å². The molecule has 0 unspecified atom stereocenters. The van der Waals surface area contributed by atoms with Crippen LogP contribution in [0.25, 0.3) is 21.8 Å². The number of carbonyl (C=O) groups is 2. The molecular weight excluding hydrogens is 362 g/mol. The second-order valence-electron chi connectivity index (χ2n) is 7.16. The zero-order valence-corrected chi connectivity index (χ0v) is 16.7. The zero-order chi connectivity index (χ0) is 20.5. The molecule has 0 aliphatic carbocycles. The number of hydrogen-bond acceptors (Lipinski definition) is 2. The van der Waals surface area contributed by atoms with Crippen LogP contribution in [0.4, 0.5) is 11.4 Å². The molecule has 4 aromatic rings. The van der Waals surface area contributed by atoms with Crippen LogP contribution in [0.5, 0.6) is 0 Å². The van der Waals surface area contributed by atoms with Gasteiger partial charge in [0.2, 0.25) is 5.91 Å². The van der Waals surface area contributed by atoms with Crippen LogP contribution < -0.4 is 10.6 Å². The molecule has 1 heterocycles. The van der Waals surface area contributed by atoms with E-state index in [1.807, 2.05) is 43.3 Å². The van der Waals surface area contributed by atoms with Crippen molar-refractivity contribution >= 4 is 45.0 Å². The van der Waals surface area contributed by atoms with Crippen LogP contribution in [0, 0.1) is 6.92 Å². The minimum atomic E-state index is -0.213. The molecule has 0 atom stereocenters. The fourth-order valence-corrected chi connectivity index (χ4v) is 3.76. The van der Waals surface area contributed by atoms with Gasteiger partial charge in [0, 0.05) is 52.2 Å². The van der Waals surface area contributed by atoms with Crippen molar-refractivity contribution in [3.63, 3.8) is 0 Å². The van der Waals surface area contributed by atoms with Gasteiger partial charge in [-0.2, -0.15) is 0 Å². The average Bonchev–Trinajstić information content (AvgIpc) is 3.02. The van der Waals surface area contributed by atoms with Gasteiger partial charge in [-0.25, -0.2) is 0 Å². The van der Waals surface area contributed by atoms with Gasteiger partial charge in [0.15, 0.2) is 0 Å². The summed E-state index contributed by atoms with van der Waals surface area (Å²) >= 11 is 0. The highest BCUT2D eigenvalue weighted by Gasteiger charge is 2.13. The normalized spacial score (nSPS) is 11.0. The molecule has 0 spiro atoms. The third-order valence-electron chi connectivity index (χ3n) is 5.16. The first-order chi connectivity index (χ1) is 14.0. The number of benzene rings is 3. The predicted octanol–water partition coefficient (Wildman–Crippen LogP) is 5.33. The lowest BCUT2D eigenvalue weighted by Gasteiger charge is -2.10. The van der Waals surface area contributed by atoms with Crippen molar-refractivity contribution in [3.8, 4) is 0 Å². The van der Waals surface area contributed by atoms with Crippen LogP contribution in [-0.2, 0) is 11.3 Å². The molecule has 3 aromatic carbocycles. The minimum Gasteiger partial charge on any atom is -0.341 e. The molecule has 0 aliphatic rings. The number of anilines is 2. The summed E-state index contributed by atoms with van der Waals surface area (Å²) in [4.78, 5) is 24.2. The SMILES string of the molecule is CCn1c2ccccc2c2cc(NC(=O)c3ccc(C)c(NC(C)=O)c3)ccc21. The van der Waals surface area contributed by atoms with Gasteiger partial charge in [-0.1, -0.05) is 24.3 Å². The first-order valence-corrected chi connectivity index (χ1v) is 9.68. The Kier molecular flexibility index (Phi) is 4.80. The Morgan fingerprint density at radius 2 is 1.66 bits per heavy atom. The number of amides is 2. The molecule has 2 amide bonds. The van der Waals surface area contributed by atoms with E-state index in [1.54, 1.807) is 12.1 Å². The molecule has 0 radical (unpaired) electrons. The molecule has 0 saturated carbocycles. The number of hydrogen-bond donors (Lipinski definition) is 2. The van der Waals surface area contributed by atoms with Crippen LogP contribution in [0.2, 0.25) is 0 Å². The van der Waals surface area contributed by atoms with Gasteiger partial charge in [-0.15, -0.1) is 0 Å². The monoisotopic (exact) mass is 385 g/mol. The fourth-order valence-electron chi connectivity index (χ4n) is 3.76. The van der Waals surface area contributed by atoms with Crippen molar-refractivity contribution in [2.45, 2.75) is 27.3 Å². The van der Waals surface area contributed by atoms with Crippen molar-refractivity contribution in [1.29, 1.82) is 0 Å². The molecule has 2 N–H and O–H groups in total. The van der Waals surface area contributed by atoms with Crippen LogP contribution in [0.15, 0.2) is 60.7 Å². The van der Waals surface area contributed by atoms with E-state index in [0.717, 1.165) is 28.7 Å². The smallest absolute Gasteiger partial charge is 0.255 e. The van der Waals surface area contributed by atoms with Crippen molar-refractivity contribution in [2.75, 3.05) is 10.6 Å². The van der Waals surface area contributed by atoms with Crippen LogP contribution in [-0.4, -0.2) is 16.4 Å². The molecule has 5 nitrogen and oxygen atoms in total. The summed E-state index contributed by atoms with van der Waals surface area (Å²) in [5.41, 5.74) is 5.12. The lowest BCUT2D eigenvalue weighted by molar-refractivity contribution is -0.114. The zero-order valence-electron chi connectivity index (χ0n) is 16.7. The van der Waals surface area contributed by atoms with E-state index < -0.39 is 0 Å². The van der Waals surface area contributed by atoms with E-state index in [0.29, 0.717) is 11.3 Å². The number of nitrogens with zero attached hydrogens (tertiary/aromatic N) is 1. The summed E-state index contributed by atoms with van der Waals surface area (Å²) in [6.45, 7) is 6.36. The maximum Gasteiger partial charge on any atom is 0.255 e. The molecule has 146 valence electrons. The fraction of sp³-hybridized carbons (Fsp3) is 0.167. The summed E-state index contributed by atoms with van der Waals surface area (Å²) in [6.07, 6.45) is 0. The highest BCUT2D eigenvalue weighted by atomic mass is 16.2. The molecule has 0 fully saturated rings. The van der Waals surface area contributed by atoms with Gasteiger partial charge in [-0.3, -0.25) is 9.59 Å². The predicted molar refractivity (Wildman–Crippen MR) is 119 cm³/mol. The van der Waals surface area contributed by atoms with Gasteiger partial charge >= 0.3 is 0 Å². The third kappa shape index (κ3) is 3.47. The van der Waals surface area contributed by atoms with Crippen molar-refractivity contribution < 1.29 is 9.59 Å². The van der Waals surface area contributed by atoms with E-state index in [2.05, 4.69) is 34.3 Å². The second-order valence-corrected chi connectivity index (χ2v) is 7.16. The van der Waals surface area contributed by atoms with Crippen LogP contribution in [0.1, 0.15) is 29.8 Å². The number of para-hydroxylation sites is 1. The first-order valence-electron chi connectivity index (χ1n) is 9.68. The quantitative estimate of drug-likeness (QED) is 0.498. The van der Waals surface area contributed by atoms with E-state index in [-0.39, 0.29) is 11.8 Å². The Bertz CT molecular complexity index is 1250. The lowest BCUT2D eigenvalue weighted by atomic mass is 10.1. The Morgan fingerprint density at radius 3 is 2.41 bits per heavy atom. The third-order valence-corrected chi connectivity index (χ3v) is 5.16. The Balaban J connectivity index is 1.69. The number of nitrogens with one attached hydrogen (secondary N) is 2. The molecule has 5 heteroatoms. The van der Waals surface area contributed by atoms with E-state index in [1.165, 1.54) is 17.8 Å². The van der Waals surface area contributed by atoms with Gasteiger partial charge < -0.3 is 15.2 Å². The summed E-state index contributed by atoms with van der Waals surface area (Å²) < 4.78 is 2.27. The van der Waals surface area contributed by atoms with E-state index in [9.17, 15) is 9.59 Å². The minimum absolute atomic E-state index is 0.163. The number of rotatable bonds is 4. The summed E-state index contributed by atoms with van der Waals surface area (Å²) in [5.74, 6) is -0.376. The highest BCUT2D eigenvalue weighted by Crippen LogP contribution is 2.31. The van der Waals surface area contributed by atoms with Crippen molar-refractivity contribution in [3.05, 3.63) is 71.8 Å². The van der Waals surface area contributed by atoms with Gasteiger partial charge in [0.25, 0.3) is 5.91 Å². The van der Waals surface area contributed by atoms with Gasteiger partial charge in [-0.05, 0) is 55.8 Å². The van der Waals surface area contributed by atoms with Crippen LogP contribution in [0.3, 0.4) is 0 Å². The Labute approximate surface area is 169 Å². The van der Waals surface area contributed by atoms with Crippen molar-refractivity contribution in [1.82, 2.24) is 4.57 Å². The van der Waals surface area contributed by atoms with Crippen LogP contribution >= 0.6 is 0 Å². The molecular formula is C24H23N3O2. The molecule has 0 bridgehead atoms. The molecule has 0 saturated heterocycles. The standard InChI is InChI=1S/C24H23N3O2/c1-4-27-22-8-6-5-7-19(22)20-14-18(11-12-23(20)27)26-24(29)17-10-9-15(2)21(13-17)25-16(3)28/h5-14H,4H2,1-3H3,(H,25,28)(H,26,29). The van der Waals surface area contributed by atoms with E-state index in [4.69, 9.17) is 0 Å². The highest BCUT2D eigenvalue weighted by molar-refractivity contribution is 6.11. The van der Waals surface area contributed by atoms with Crippen molar-refractivity contribution in [2.24, 2.45) is 0 Å². The Morgan fingerprint density at radius 1 is 0.897 bits per heavy atom. The first kappa shape index (κ1) is 18.7. The lowest BCUT2D eigenvalue weighted by Crippen LogP contribution is -2.13.